The first-order valence-corrected chi connectivity index (χ1v) is 14.4. The molecule has 4 rings (SSSR count). The second kappa shape index (κ2) is 16.9. The molecule has 0 saturated carbocycles. The van der Waals surface area contributed by atoms with E-state index in [9.17, 15) is 0 Å². The first kappa shape index (κ1) is 37.0. The van der Waals surface area contributed by atoms with Gasteiger partial charge in [-0.3, -0.25) is 4.99 Å². The van der Waals surface area contributed by atoms with Crippen molar-refractivity contribution in [2.24, 2.45) is 40.0 Å². The molecule has 6 nitrogen and oxygen atoms in total. The third-order valence-electron chi connectivity index (χ3n) is 9.02. The Kier molecular flexibility index (Phi) is 16.5. The molecule has 4 aliphatic rings. The van der Waals surface area contributed by atoms with Gasteiger partial charge in [-0.15, -0.1) is 0 Å². The topological polar surface area (TPSA) is 122 Å². The zero-order valence-corrected chi connectivity index (χ0v) is 24.4. The molecular formula is C31H58ClN3O3. The highest BCUT2D eigenvalue weighted by atomic mass is 35.5. The van der Waals surface area contributed by atoms with Crippen LogP contribution in [0.1, 0.15) is 80.1 Å². The van der Waals surface area contributed by atoms with Crippen molar-refractivity contribution in [3.05, 3.63) is 34.9 Å². The summed E-state index contributed by atoms with van der Waals surface area (Å²) in [4.78, 5) is 7.31. The average molecular weight is 556 g/mol. The molecule has 0 radical (unpaired) electrons. The van der Waals surface area contributed by atoms with Crippen LogP contribution in [-0.2, 0) is 0 Å². The predicted molar refractivity (Wildman–Crippen MR) is 165 cm³/mol. The van der Waals surface area contributed by atoms with Crippen LogP contribution in [0.3, 0.4) is 0 Å². The third-order valence-corrected chi connectivity index (χ3v) is 9.37. The van der Waals surface area contributed by atoms with E-state index in [0.29, 0.717) is 29.2 Å². The van der Waals surface area contributed by atoms with E-state index in [4.69, 9.17) is 11.6 Å². The maximum atomic E-state index is 6.27. The Balaban J connectivity index is 0.00000342. The lowest BCUT2D eigenvalue weighted by Gasteiger charge is -2.49. The largest absolute Gasteiger partial charge is 0.412 e. The lowest BCUT2D eigenvalue weighted by molar-refractivity contribution is 0.0120. The molecule has 2 aliphatic carbocycles. The summed E-state index contributed by atoms with van der Waals surface area (Å²) >= 11 is 6.27. The van der Waals surface area contributed by atoms with Gasteiger partial charge in [-0.1, -0.05) is 71.0 Å². The minimum atomic E-state index is 0. The summed E-state index contributed by atoms with van der Waals surface area (Å²) in [5.41, 5.74) is 1.83. The normalized spacial score (nSPS) is 29.5. The molecule has 1 saturated heterocycles. The van der Waals surface area contributed by atoms with Crippen molar-refractivity contribution in [1.29, 1.82) is 0 Å². The van der Waals surface area contributed by atoms with Gasteiger partial charge in [0.05, 0.1) is 0 Å². The summed E-state index contributed by atoms with van der Waals surface area (Å²) in [7, 11) is 0. The predicted octanol–water partition coefficient (Wildman–Crippen LogP) is 5.02. The highest BCUT2D eigenvalue weighted by molar-refractivity contribution is 6.29. The van der Waals surface area contributed by atoms with Gasteiger partial charge in [-0.25, -0.2) is 0 Å². The van der Waals surface area contributed by atoms with E-state index in [1.807, 2.05) is 0 Å². The van der Waals surface area contributed by atoms with E-state index >= 15 is 0 Å². The number of rotatable bonds is 8. The fourth-order valence-corrected chi connectivity index (χ4v) is 7.16. The van der Waals surface area contributed by atoms with Crippen LogP contribution in [0, 0.1) is 35.0 Å². The molecule has 222 valence electrons. The van der Waals surface area contributed by atoms with Crippen molar-refractivity contribution in [3.8, 4) is 0 Å². The highest BCUT2D eigenvalue weighted by Gasteiger charge is 2.40. The molecule has 38 heavy (non-hydrogen) atoms. The Morgan fingerprint density at radius 2 is 1.87 bits per heavy atom. The molecule has 0 aromatic rings. The average Bonchev–Trinajstić information content (AvgIpc) is 2.82. The number of nitrogens with one attached hydrogen (secondary N) is 1. The van der Waals surface area contributed by atoms with Gasteiger partial charge in [-0.2, -0.15) is 0 Å². The van der Waals surface area contributed by atoms with Crippen LogP contribution in [0.25, 0.3) is 0 Å². The number of allylic oxidation sites excluding steroid dienone is 4. The van der Waals surface area contributed by atoms with Gasteiger partial charge >= 0.3 is 0 Å². The van der Waals surface area contributed by atoms with Crippen LogP contribution in [0.5, 0.6) is 0 Å². The van der Waals surface area contributed by atoms with Crippen molar-refractivity contribution >= 4 is 17.8 Å². The molecule has 0 amide bonds. The molecule has 0 aromatic heterocycles. The molecular weight excluding hydrogens is 498 g/mol. The van der Waals surface area contributed by atoms with E-state index in [-0.39, 0.29) is 23.9 Å². The number of hydrogen-bond acceptors (Lipinski definition) is 3. The summed E-state index contributed by atoms with van der Waals surface area (Å²) in [6.45, 7) is 15.4. The van der Waals surface area contributed by atoms with E-state index in [1.165, 1.54) is 57.2 Å². The monoisotopic (exact) mass is 555 g/mol. The third kappa shape index (κ3) is 9.87. The number of likely N-dealkylation sites (tertiary alicyclic amines) is 1. The minimum absolute atomic E-state index is 0. The van der Waals surface area contributed by atoms with Crippen LogP contribution in [0.2, 0.25) is 0 Å². The summed E-state index contributed by atoms with van der Waals surface area (Å²) in [5.74, 6) is 3.52. The van der Waals surface area contributed by atoms with Crippen LogP contribution in [-0.4, -0.2) is 66.3 Å². The standard InChI is InChI=1S/C30H48ClN3.CH4.3H2O/c1-22(2)29(33-18-23-7-5-8-25(17-23)26-9-6-15-32-19-26)20-34-16-14-28(30(3,4)21-34)24-10-12-27(31)13-11-24;;;;/h5,7,12,17,19,22,24-26,28-29,33H,6,8-11,13-16,18,20-21H2,1-4H3;1H4;3*1H2/t24?,25?,26?,28-,29+;;;;/m1..../s1. The SMILES string of the molecule is C.CC(C)[C@H](CN1CC[C@H](C2CC=C(Cl)CC2)C(C)(C)C1)NCC1=CC(C2C=NCCC2)CC=C1.O.O.O. The number of piperidine rings is 1. The molecule has 1 fully saturated rings. The Hall–Kier alpha value is -1.02. The fourth-order valence-electron chi connectivity index (χ4n) is 6.96. The fraction of sp³-hybridized carbons (Fsp3) is 0.774. The molecule has 5 atom stereocenters. The Morgan fingerprint density at radius 3 is 2.47 bits per heavy atom. The molecule has 0 spiro atoms. The second-order valence-corrected chi connectivity index (χ2v) is 12.9. The zero-order chi connectivity index (χ0) is 24.1. The van der Waals surface area contributed by atoms with Gasteiger partial charge in [-0.05, 0) is 86.2 Å². The van der Waals surface area contributed by atoms with Gasteiger partial charge < -0.3 is 26.6 Å². The van der Waals surface area contributed by atoms with Crippen LogP contribution in [0.15, 0.2) is 39.9 Å². The highest BCUT2D eigenvalue weighted by Crippen LogP contribution is 2.45. The molecule has 2 heterocycles. The van der Waals surface area contributed by atoms with Gasteiger partial charge in [0.25, 0.3) is 0 Å². The summed E-state index contributed by atoms with van der Waals surface area (Å²) in [5, 5.41) is 5.03. The molecule has 2 aliphatic heterocycles. The van der Waals surface area contributed by atoms with E-state index < -0.39 is 0 Å². The number of nitrogens with zero attached hydrogens (tertiary/aromatic N) is 2. The van der Waals surface area contributed by atoms with Crippen LogP contribution < -0.4 is 5.32 Å². The lowest BCUT2D eigenvalue weighted by atomic mass is 9.65. The summed E-state index contributed by atoms with van der Waals surface area (Å²) in [6.07, 6.45) is 20.4. The van der Waals surface area contributed by atoms with Gasteiger partial charge in [0.2, 0.25) is 0 Å². The van der Waals surface area contributed by atoms with E-state index in [1.54, 1.807) is 0 Å². The van der Waals surface area contributed by atoms with Crippen molar-refractivity contribution in [3.63, 3.8) is 0 Å². The number of aliphatic imine (C=N–C) groups is 1. The van der Waals surface area contributed by atoms with Gasteiger partial charge in [0.15, 0.2) is 0 Å². The molecule has 7 heteroatoms. The Labute approximate surface area is 238 Å². The second-order valence-electron chi connectivity index (χ2n) is 12.4. The summed E-state index contributed by atoms with van der Waals surface area (Å²) in [6, 6.07) is 0.523. The minimum Gasteiger partial charge on any atom is -0.412 e. The van der Waals surface area contributed by atoms with Crippen LogP contribution in [0.4, 0.5) is 0 Å². The van der Waals surface area contributed by atoms with Crippen molar-refractivity contribution in [2.75, 3.05) is 32.7 Å². The molecule has 0 aromatic carbocycles. The smallest absolute Gasteiger partial charge is 0.0385 e. The Bertz CT molecular complexity index is 808. The maximum Gasteiger partial charge on any atom is 0.0385 e. The van der Waals surface area contributed by atoms with Crippen molar-refractivity contribution < 1.29 is 16.4 Å². The first-order chi connectivity index (χ1) is 16.3. The van der Waals surface area contributed by atoms with Crippen molar-refractivity contribution in [1.82, 2.24) is 10.2 Å². The van der Waals surface area contributed by atoms with Crippen molar-refractivity contribution in [2.45, 2.75) is 86.1 Å². The lowest BCUT2D eigenvalue weighted by Crippen LogP contribution is -2.53. The summed E-state index contributed by atoms with van der Waals surface area (Å²) < 4.78 is 0. The van der Waals surface area contributed by atoms with Crippen LogP contribution >= 0.6 is 11.6 Å². The quantitative estimate of drug-likeness (QED) is 0.452. The maximum absolute atomic E-state index is 6.27. The van der Waals surface area contributed by atoms with Gasteiger partial charge in [0.1, 0.15) is 0 Å². The number of halogens is 1. The van der Waals surface area contributed by atoms with Gasteiger partial charge in [0, 0.05) is 49.4 Å². The molecule has 3 unspecified atom stereocenters. The van der Waals surface area contributed by atoms with E-state index in [2.05, 4.69) is 73.4 Å². The molecule has 0 bridgehead atoms. The first-order valence-electron chi connectivity index (χ1n) is 14.0. The van der Waals surface area contributed by atoms with E-state index in [0.717, 1.165) is 42.9 Å². The zero-order valence-electron chi connectivity index (χ0n) is 23.6. The Morgan fingerprint density at radius 1 is 1.11 bits per heavy atom. The number of hydrogen-bond donors (Lipinski definition) is 1. The molecule has 7 N–H and O–H groups in total.